The van der Waals surface area contributed by atoms with Gasteiger partial charge >= 0.3 is 6.18 Å². The molecular formula is C34H29F3N2O4. The highest BCUT2D eigenvalue weighted by atomic mass is 19.4. The molecule has 1 N–H and O–H groups in total. The Hall–Kier alpha value is -4.63. The maximum Gasteiger partial charge on any atom is 0.416 e. The van der Waals surface area contributed by atoms with E-state index in [1.165, 1.54) is 22.8 Å². The van der Waals surface area contributed by atoms with Gasteiger partial charge in [0.2, 0.25) is 5.91 Å². The number of carbonyl (C=O) groups is 2. The van der Waals surface area contributed by atoms with Gasteiger partial charge in [0, 0.05) is 18.7 Å². The summed E-state index contributed by atoms with van der Waals surface area (Å²) in [5.41, 5.74) is -2.49. The van der Waals surface area contributed by atoms with Gasteiger partial charge in [0.1, 0.15) is 12.4 Å². The van der Waals surface area contributed by atoms with Crippen molar-refractivity contribution in [1.29, 1.82) is 0 Å². The van der Waals surface area contributed by atoms with E-state index in [0.717, 1.165) is 17.7 Å². The normalized spacial score (nSPS) is 21.5. The second-order valence-corrected chi connectivity index (χ2v) is 11.1. The number of aliphatic hydroxyl groups is 1. The van der Waals surface area contributed by atoms with Crippen LogP contribution < -0.4 is 14.5 Å². The van der Waals surface area contributed by atoms with E-state index in [0.29, 0.717) is 22.6 Å². The van der Waals surface area contributed by atoms with Crippen molar-refractivity contribution < 1.29 is 32.6 Å². The molecule has 6 rings (SSSR count). The van der Waals surface area contributed by atoms with E-state index in [-0.39, 0.29) is 30.9 Å². The number of likely N-dealkylation sites (N-methyl/N-ethyl adjacent to an activating group) is 1. The zero-order chi connectivity index (χ0) is 30.6. The summed E-state index contributed by atoms with van der Waals surface area (Å²) in [6.07, 6.45) is -4.97. The average molecular weight is 587 g/mol. The maximum atomic E-state index is 14.9. The average Bonchev–Trinajstić information content (AvgIpc) is 3.20. The molecule has 1 aliphatic heterocycles. The van der Waals surface area contributed by atoms with Crippen LogP contribution in [0.3, 0.4) is 0 Å². The first-order valence-corrected chi connectivity index (χ1v) is 13.9. The van der Waals surface area contributed by atoms with E-state index in [2.05, 4.69) is 0 Å². The van der Waals surface area contributed by atoms with Crippen LogP contribution in [0.4, 0.5) is 30.2 Å². The van der Waals surface area contributed by atoms with Gasteiger partial charge in [0.05, 0.1) is 22.5 Å². The fourth-order valence-corrected chi connectivity index (χ4v) is 6.25. The first-order valence-electron chi connectivity index (χ1n) is 13.9. The predicted octanol–water partition coefficient (Wildman–Crippen LogP) is 6.86. The van der Waals surface area contributed by atoms with Gasteiger partial charge in [-0.3, -0.25) is 14.5 Å². The number of halogens is 3. The van der Waals surface area contributed by atoms with Gasteiger partial charge < -0.3 is 14.7 Å². The number of carbonyl (C=O) groups excluding carboxylic acids is 2. The Kier molecular flexibility index (Phi) is 6.81. The summed E-state index contributed by atoms with van der Waals surface area (Å²) in [6, 6.07) is 25.8. The summed E-state index contributed by atoms with van der Waals surface area (Å²) in [5, 5.41) is 11.7. The number of nitrogens with zero attached hydrogens (tertiary/aromatic N) is 2. The number of hydrogen-bond donors (Lipinski definition) is 1. The molecule has 220 valence electrons. The number of alkyl halides is 3. The topological polar surface area (TPSA) is 70.1 Å². The highest BCUT2D eigenvalue weighted by molar-refractivity contribution is 6.27. The maximum absolute atomic E-state index is 14.9. The molecule has 4 aromatic rings. The summed E-state index contributed by atoms with van der Waals surface area (Å²) in [4.78, 5) is 32.0. The van der Waals surface area contributed by atoms with Crippen LogP contribution >= 0.6 is 0 Å². The summed E-state index contributed by atoms with van der Waals surface area (Å²) >= 11 is 0. The highest BCUT2D eigenvalue weighted by Gasteiger charge is 2.63. The molecule has 0 saturated heterocycles. The third kappa shape index (κ3) is 4.64. The predicted molar refractivity (Wildman–Crippen MR) is 156 cm³/mol. The van der Waals surface area contributed by atoms with E-state index >= 15 is 0 Å². The zero-order valence-electron chi connectivity index (χ0n) is 23.6. The quantitative estimate of drug-likeness (QED) is 0.259. The highest BCUT2D eigenvalue weighted by Crippen LogP contribution is 2.55. The molecule has 43 heavy (non-hydrogen) atoms. The summed E-state index contributed by atoms with van der Waals surface area (Å²) in [5.74, 6) is -0.910. The largest absolute Gasteiger partial charge is 0.489 e. The van der Waals surface area contributed by atoms with Crippen LogP contribution in [-0.4, -0.2) is 23.5 Å². The van der Waals surface area contributed by atoms with Crippen molar-refractivity contribution in [2.75, 3.05) is 16.3 Å². The van der Waals surface area contributed by atoms with Gasteiger partial charge in [0.25, 0.3) is 5.91 Å². The first-order chi connectivity index (χ1) is 20.5. The fourth-order valence-electron chi connectivity index (χ4n) is 6.25. The fraction of sp³-hybridized carbons (Fsp3) is 0.235. The molecule has 2 aliphatic rings. The van der Waals surface area contributed by atoms with Crippen LogP contribution in [0.5, 0.6) is 5.75 Å². The standard InChI is InChI=1S/C34H29F3N2O4/c1-3-38-28-17-14-23(34(35,36)37)18-29(28)39(24-12-8-5-9-13-24)31(41)33(30(38)40)21-32(2,42)27-19-25(15-16-26(27)33)43-20-22-10-6-4-7-11-22/h4-19,42H,3,20-21H2,1-2H3. The summed E-state index contributed by atoms with van der Waals surface area (Å²) in [6.45, 7) is 3.59. The molecule has 0 aromatic heterocycles. The molecule has 1 spiro atoms. The molecule has 4 aromatic carbocycles. The number of para-hydroxylation sites is 1. The van der Waals surface area contributed by atoms with E-state index in [9.17, 15) is 27.9 Å². The van der Waals surface area contributed by atoms with Gasteiger partial charge in [-0.1, -0.05) is 54.6 Å². The number of rotatable bonds is 5. The molecule has 0 bridgehead atoms. The van der Waals surface area contributed by atoms with Gasteiger partial charge in [0.15, 0.2) is 5.41 Å². The Labute approximate surface area is 246 Å². The van der Waals surface area contributed by atoms with Crippen molar-refractivity contribution in [2.24, 2.45) is 0 Å². The lowest BCUT2D eigenvalue weighted by Gasteiger charge is -2.33. The Morgan fingerprint density at radius 3 is 2.16 bits per heavy atom. The Morgan fingerprint density at radius 1 is 0.837 bits per heavy atom. The first kappa shape index (κ1) is 28.5. The Balaban J connectivity index is 1.54. The number of benzene rings is 4. The second-order valence-electron chi connectivity index (χ2n) is 11.1. The van der Waals surface area contributed by atoms with Crippen molar-refractivity contribution in [3.8, 4) is 5.75 Å². The van der Waals surface area contributed by atoms with Gasteiger partial charge in [-0.25, -0.2) is 0 Å². The molecule has 0 saturated carbocycles. The molecule has 1 heterocycles. The van der Waals surface area contributed by atoms with Crippen LogP contribution in [0.15, 0.2) is 97.1 Å². The van der Waals surface area contributed by atoms with Crippen LogP contribution in [0, 0.1) is 0 Å². The van der Waals surface area contributed by atoms with Crippen LogP contribution in [0.1, 0.15) is 42.5 Å². The number of ether oxygens (including phenoxy) is 1. The van der Waals surface area contributed by atoms with Crippen molar-refractivity contribution in [1.82, 2.24) is 0 Å². The Morgan fingerprint density at radius 2 is 1.51 bits per heavy atom. The summed E-state index contributed by atoms with van der Waals surface area (Å²) in [7, 11) is 0. The summed E-state index contributed by atoms with van der Waals surface area (Å²) < 4.78 is 47.7. The molecule has 1 aliphatic carbocycles. The number of fused-ring (bicyclic) bond motifs is 3. The smallest absolute Gasteiger partial charge is 0.416 e. The third-order valence-corrected chi connectivity index (χ3v) is 8.23. The lowest BCUT2D eigenvalue weighted by atomic mass is 9.78. The van der Waals surface area contributed by atoms with Crippen LogP contribution in [0.2, 0.25) is 0 Å². The van der Waals surface area contributed by atoms with Crippen molar-refractivity contribution in [3.63, 3.8) is 0 Å². The lowest BCUT2D eigenvalue weighted by Crippen LogP contribution is -2.53. The SMILES string of the molecule is CCN1C(=O)C2(CC(C)(O)c3cc(OCc4ccccc4)ccc32)C(=O)N(c2ccccc2)c2cc(C(F)(F)F)ccc21. The number of hydrogen-bond acceptors (Lipinski definition) is 4. The minimum absolute atomic E-state index is 0.0611. The minimum atomic E-state index is -4.68. The molecule has 0 fully saturated rings. The molecule has 2 unspecified atom stereocenters. The van der Waals surface area contributed by atoms with Gasteiger partial charge in [-0.05, 0) is 73.0 Å². The van der Waals surface area contributed by atoms with Crippen LogP contribution in [-0.2, 0) is 33.4 Å². The van der Waals surface area contributed by atoms with Gasteiger partial charge in [-0.15, -0.1) is 0 Å². The van der Waals surface area contributed by atoms with Crippen molar-refractivity contribution >= 4 is 28.9 Å². The van der Waals surface area contributed by atoms with E-state index in [1.807, 2.05) is 30.3 Å². The minimum Gasteiger partial charge on any atom is -0.489 e. The van der Waals surface area contributed by atoms with E-state index in [1.54, 1.807) is 55.5 Å². The Bertz CT molecular complexity index is 1710. The monoisotopic (exact) mass is 586 g/mol. The molecular weight excluding hydrogens is 557 g/mol. The van der Waals surface area contributed by atoms with E-state index in [4.69, 9.17) is 4.74 Å². The third-order valence-electron chi connectivity index (χ3n) is 8.23. The van der Waals surface area contributed by atoms with Crippen molar-refractivity contribution in [3.05, 3.63) is 119 Å². The second kappa shape index (κ2) is 10.3. The van der Waals surface area contributed by atoms with Crippen LogP contribution in [0.25, 0.3) is 0 Å². The number of anilines is 3. The molecule has 2 atom stereocenters. The molecule has 0 radical (unpaired) electrons. The molecule has 6 nitrogen and oxygen atoms in total. The number of amides is 2. The lowest BCUT2D eigenvalue weighted by molar-refractivity contribution is -0.138. The van der Waals surface area contributed by atoms with E-state index < -0.39 is 34.6 Å². The zero-order valence-corrected chi connectivity index (χ0v) is 23.6. The van der Waals surface area contributed by atoms with Gasteiger partial charge in [-0.2, -0.15) is 13.2 Å². The molecule has 2 amide bonds. The van der Waals surface area contributed by atoms with Crippen molar-refractivity contribution in [2.45, 2.75) is 44.1 Å². The molecule has 9 heteroatoms.